The molecule has 1 fully saturated rings. The Balaban J connectivity index is 1.63. The molecule has 0 spiro atoms. The number of aromatic nitrogens is 2. The number of nitrogen functional groups attached to an aromatic ring is 1. The Morgan fingerprint density at radius 1 is 1.57 bits per heavy atom. The van der Waals surface area contributed by atoms with Crippen LogP contribution in [0.5, 0.6) is 0 Å². The second-order valence-corrected chi connectivity index (χ2v) is 6.34. The summed E-state index contributed by atoms with van der Waals surface area (Å²) in [6.45, 7) is 1.93. The average Bonchev–Trinajstić information content (AvgIpc) is 3.26. The summed E-state index contributed by atoms with van der Waals surface area (Å²) in [4.78, 5) is 15.3. The Hall–Kier alpha value is -1.73. The molecule has 1 aliphatic carbocycles. The van der Waals surface area contributed by atoms with Crippen LogP contribution in [0, 0.1) is 5.92 Å². The molecule has 7 heteroatoms. The third-order valence-electron chi connectivity index (χ3n) is 3.58. The van der Waals surface area contributed by atoms with E-state index in [0.717, 1.165) is 17.9 Å². The highest BCUT2D eigenvalue weighted by molar-refractivity contribution is 7.21. The Labute approximate surface area is 126 Å². The molecule has 0 aliphatic heterocycles. The van der Waals surface area contributed by atoms with Gasteiger partial charge in [-0.2, -0.15) is 5.10 Å². The topological polar surface area (TPSA) is 81.3 Å². The van der Waals surface area contributed by atoms with Gasteiger partial charge in [0.25, 0.3) is 5.91 Å². The second-order valence-electron chi connectivity index (χ2n) is 5.34. The van der Waals surface area contributed by atoms with Crippen molar-refractivity contribution in [1.82, 2.24) is 15.1 Å². The minimum absolute atomic E-state index is 0.0921. The van der Waals surface area contributed by atoms with Crippen LogP contribution in [-0.2, 0) is 4.74 Å². The molecule has 2 heterocycles. The van der Waals surface area contributed by atoms with Gasteiger partial charge in [0, 0.05) is 25.6 Å². The number of nitrogens with two attached hydrogens (primary N) is 1. The number of amides is 1. The van der Waals surface area contributed by atoms with Crippen LogP contribution < -0.4 is 5.73 Å². The number of anilines is 1. The van der Waals surface area contributed by atoms with Crippen molar-refractivity contribution < 1.29 is 9.53 Å². The monoisotopic (exact) mass is 306 g/mol. The predicted octanol–water partition coefficient (Wildman–Crippen LogP) is 1.77. The summed E-state index contributed by atoms with van der Waals surface area (Å²) in [6.07, 6.45) is 4.12. The van der Waals surface area contributed by atoms with Crippen LogP contribution in [0.25, 0.3) is 10.2 Å². The normalized spacial score (nSPS) is 14.5. The molecule has 112 valence electrons. The summed E-state index contributed by atoms with van der Waals surface area (Å²) in [5.74, 6) is 0.647. The number of hydrogen-bond acceptors (Lipinski definition) is 6. The van der Waals surface area contributed by atoms with Crippen LogP contribution >= 0.6 is 11.3 Å². The highest BCUT2D eigenvalue weighted by Gasteiger charge is 2.22. The Morgan fingerprint density at radius 3 is 3.10 bits per heavy atom. The van der Waals surface area contributed by atoms with Crippen molar-refractivity contribution >= 4 is 33.1 Å². The molecule has 21 heavy (non-hydrogen) atoms. The summed E-state index contributed by atoms with van der Waals surface area (Å²) >= 11 is 1.28. The molecule has 0 bridgehead atoms. The fourth-order valence-electron chi connectivity index (χ4n) is 2.04. The highest BCUT2D eigenvalue weighted by atomic mass is 32.1. The number of hydrogen-bond donors (Lipinski definition) is 1. The standard InChI is InChI=1S/C14H18N4O2S/c1-18(6-7-20-8-9-2-3-9)14(19)12-11(15)10-4-5-16-17-13(10)21-12/h4-5,9H,2-3,6-8,15H2,1H3. The molecule has 0 unspecified atom stereocenters. The molecular weight excluding hydrogens is 288 g/mol. The van der Waals surface area contributed by atoms with Crippen LogP contribution in [0.1, 0.15) is 22.5 Å². The molecular formula is C14H18N4O2S. The second kappa shape index (κ2) is 5.95. The summed E-state index contributed by atoms with van der Waals surface area (Å²) in [6, 6.07) is 1.78. The molecule has 2 aromatic rings. The van der Waals surface area contributed by atoms with Gasteiger partial charge in [-0.25, -0.2) is 0 Å². The van der Waals surface area contributed by atoms with E-state index in [1.54, 1.807) is 24.2 Å². The van der Waals surface area contributed by atoms with E-state index >= 15 is 0 Å². The zero-order chi connectivity index (χ0) is 14.8. The molecule has 0 atom stereocenters. The van der Waals surface area contributed by atoms with Crippen LogP contribution in [0.4, 0.5) is 5.69 Å². The maximum absolute atomic E-state index is 12.4. The van der Waals surface area contributed by atoms with E-state index in [4.69, 9.17) is 10.5 Å². The molecule has 1 amide bonds. The molecule has 2 N–H and O–H groups in total. The first kappa shape index (κ1) is 14.2. The lowest BCUT2D eigenvalue weighted by Crippen LogP contribution is -2.30. The number of thiophene rings is 1. The van der Waals surface area contributed by atoms with Crippen LogP contribution in [0.3, 0.4) is 0 Å². The zero-order valence-electron chi connectivity index (χ0n) is 11.9. The fourth-order valence-corrected chi connectivity index (χ4v) is 3.08. The fraction of sp³-hybridized carbons (Fsp3) is 0.500. The van der Waals surface area contributed by atoms with Gasteiger partial charge >= 0.3 is 0 Å². The van der Waals surface area contributed by atoms with Gasteiger partial charge in [-0.3, -0.25) is 4.79 Å². The van der Waals surface area contributed by atoms with E-state index in [2.05, 4.69) is 10.2 Å². The average molecular weight is 306 g/mol. The SMILES string of the molecule is CN(CCOCC1CC1)C(=O)c1sc2nnccc2c1N. The van der Waals surface area contributed by atoms with Crippen molar-refractivity contribution in [3.8, 4) is 0 Å². The summed E-state index contributed by atoms with van der Waals surface area (Å²) in [5.41, 5.74) is 6.53. The maximum Gasteiger partial charge on any atom is 0.265 e. The number of likely N-dealkylation sites (N-methyl/N-ethyl adjacent to an activating group) is 1. The van der Waals surface area contributed by atoms with Crippen LogP contribution in [-0.4, -0.2) is 47.8 Å². The highest BCUT2D eigenvalue weighted by Crippen LogP contribution is 2.32. The lowest BCUT2D eigenvalue weighted by molar-refractivity contribution is 0.0686. The number of carbonyl (C=O) groups is 1. The molecule has 0 aromatic carbocycles. The number of rotatable bonds is 6. The van der Waals surface area contributed by atoms with E-state index in [0.29, 0.717) is 28.5 Å². The smallest absolute Gasteiger partial charge is 0.265 e. The van der Waals surface area contributed by atoms with Gasteiger partial charge in [0.05, 0.1) is 18.5 Å². The Kier molecular flexibility index (Phi) is 4.03. The quantitative estimate of drug-likeness (QED) is 0.823. The van der Waals surface area contributed by atoms with Gasteiger partial charge in [-0.1, -0.05) is 0 Å². The molecule has 2 aromatic heterocycles. The van der Waals surface area contributed by atoms with Gasteiger partial charge < -0.3 is 15.4 Å². The van der Waals surface area contributed by atoms with Crippen molar-refractivity contribution in [3.63, 3.8) is 0 Å². The van der Waals surface area contributed by atoms with E-state index in [-0.39, 0.29) is 5.91 Å². The van der Waals surface area contributed by atoms with E-state index in [1.165, 1.54) is 24.2 Å². The largest absolute Gasteiger partial charge is 0.397 e. The third kappa shape index (κ3) is 3.14. The van der Waals surface area contributed by atoms with Gasteiger partial charge in [0.15, 0.2) is 0 Å². The predicted molar refractivity (Wildman–Crippen MR) is 82.3 cm³/mol. The number of nitrogens with zero attached hydrogens (tertiary/aromatic N) is 3. The molecule has 0 saturated heterocycles. The lowest BCUT2D eigenvalue weighted by Gasteiger charge is -2.16. The maximum atomic E-state index is 12.4. The molecule has 6 nitrogen and oxygen atoms in total. The molecule has 1 saturated carbocycles. The third-order valence-corrected chi connectivity index (χ3v) is 4.68. The van der Waals surface area contributed by atoms with Crippen LogP contribution in [0.2, 0.25) is 0 Å². The molecule has 1 aliphatic rings. The summed E-state index contributed by atoms with van der Waals surface area (Å²) in [5, 5.41) is 8.60. The first-order chi connectivity index (χ1) is 10.2. The minimum atomic E-state index is -0.0921. The molecule has 3 rings (SSSR count). The van der Waals surface area contributed by atoms with Gasteiger partial charge in [-0.15, -0.1) is 16.4 Å². The van der Waals surface area contributed by atoms with Crippen molar-refractivity contribution in [2.24, 2.45) is 5.92 Å². The lowest BCUT2D eigenvalue weighted by atomic mass is 10.2. The molecule has 0 radical (unpaired) electrons. The van der Waals surface area contributed by atoms with E-state index in [9.17, 15) is 4.79 Å². The van der Waals surface area contributed by atoms with E-state index < -0.39 is 0 Å². The number of fused-ring (bicyclic) bond motifs is 1. The van der Waals surface area contributed by atoms with Gasteiger partial charge in [0.2, 0.25) is 0 Å². The van der Waals surface area contributed by atoms with Crippen molar-refractivity contribution in [3.05, 3.63) is 17.1 Å². The Bertz CT molecular complexity index is 653. The van der Waals surface area contributed by atoms with Gasteiger partial charge in [-0.05, 0) is 24.8 Å². The van der Waals surface area contributed by atoms with Crippen LogP contribution in [0.15, 0.2) is 12.3 Å². The van der Waals surface area contributed by atoms with Gasteiger partial charge in [0.1, 0.15) is 9.71 Å². The van der Waals surface area contributed by atoms with Crippen molar-refractivity contribution in [1.29, 1.82) is 0 Å². The van der Waals surface area contributed by atoms with Crippen molar-refractivity contribution in [2.75, 3.05) is 32.5 Å². The minimum Gasteiger partial charge on any atom is -0.397 e. The zero-order valence-corrected chi connectivity index (χ0v) is 12.7. The van der Waals surface area contributed by atoms with E-state index in [1.807, 2.05) is 0 Å². The summed E-state index contributed by atoms with van der Waals surface area (Å²) in [7, 11) is 1.76. The van der Waals surface area contributed by atoms with Crippen molar-refractivity contribution in [2.45, 2.75) is 12.8 Å². The number of ether oxygens (including phenoxy) is 1. The first-order valence-corrected chi connectivity index (χ1v) is 7.81. The summed E-state index contributed by atoms with van der Waals surface area (Å²) < 4.78 is 5.56. The Morgan fingerprint density at radius 2 is 2.38 bits per heavy atom. The number of carbonyl (C=O) groups excluding carboxylic acids is 1. The first-order valence-electron chi connectivity index (χ1n) is 6.99.